The summed E-state index contributed by atoms with van der Waals surface area (Å²) < 4.78 is 1.20. The van der Waals surface area contributed by atoms with Gasteiger partial charge in [-0.1, -0.05) is 103 Å². The Morgan fingerprint density at radius 2 is 0.622 bits per heavy atom. The van der Waals surface area contributed by atoms with Crippen molar-refractivity contribution in [2.24, 2.45) is 0 Å². The van der Waals surface area contributed by atoms with E-state index in [1.54, 1.807) is 0 Å². The van der Waals surface area contributed by atoms with Gasteiger partial charge in [0.1, 0.15) is 35.0 Å². The quantitative estimate of drug-likeness (QED) is 0.161. The van der Waals surface area contributed by atoms with Crippen molar-refractivity contribution in [3.8, 4) is 0 Å². The SMILES string of the molecule is CC[N+](CC)(CC)Cc1ccccc1.Cl.Cl.Cl.P.[Cl-].[Cl-].c1ccc([P+](c2ccccc2)(c2ccccc2)c2ccccc2)cc1. The molecule has 0 amide bonds. The fourth-order valence-corrected chi connectivity index (χ4v) is 9.74. The highest BCUT2D eigenvalue weighted by Gasteiger charge is 2.47. The van der Waals surface area contributed by atoms with Gasteiger partial charge in [-0.05, 0) is 69.3 Å². The number of hydrogen-bond acceptors (Lipinski definition) is 0. The summed E-state index contributed by atoms with van der Waals surface area (Å²) in [6, 6.07) is 54.6. The van der Waals surface area contributed by atoms with Gasteiger partial charge < -0.3 is 29.3 Å². The Kier molecular flexibility index (Phi) is 26.0. The molecule has 0 aliphatic rings. The van der Waals surface area contributed by atoms with E-state index in [4.69, 9.17) is 0 Å². The molecular weight excluding hydrogens is 698 g/mol. The van der Waals surface area contributed by atoms with Gasteiger partial charge in [-0.2, -0.15) is 9.90 Å². The Balaban J connectivity index is -0.000000778. The molecule has 246 valence electrons. The fourth-order valence-electron chi connectivity index (χ4n) is 5.48. The van der Waals surface area contributed by atoms with Crippen molar-refractivity contribution in [3.05, 3.63) is 157 Å². The van der Waals surface area contributed by atoms with Crippen LogP contribution in [0, 0.1) is 0 Å². The highest BCUT2D eigenvalue weighted by molar-refractivity contribution is 8.01. The van der Waals surface area contributed by atoms with Crippen LogP contribution in [0.3, 0.4) is 0 Å². The van der Waals surface area contributed by atoms with E-state index >= 15 is 0 Å². The Morgan fingerprint density at radius 3 is 0.844 bits per heavy atom. The lowest BCUT2D eigenvalue weighted by molar-refractivity contribution is -0.936. The van der Waals surface area contributed by atoms with Gasteiger partial charge in [0.05, 0.1) is 19.6 Å². The first-order valence-electron chi connectivity index (χ1n) is 14.2. The number of hydrogen-bond donors (Lipinski definition) is 0. The van der Waals surface area contributed by atoms with Crippen LogP contribution in [-0.2, 0) is 6.54 Å². The van der Waals surface area contributed by atoms with Crippen LogP contribution in [0.2, 0.25) is 0 Å². The third-order valence-electron chi connectivity index (χ3n) is 7.95. The second kappa shape index (κ2) is 24.5. The molecule has 5 aromatic carbocycles. The van der Waals surface area contributed by atoms with Crippen molar-refractivity contribution in [1.29, 1.82) is 0 Å². The van der Waals surface area contributed by atoms with Gasteiger partial charge >= 0.3 is 0 Å². The molecule has 0 saturated heterocycles. The Bertz CT molecular complexity index is 1210. The monoisotopic (exact) mass is 743 g/mol. The minimum absolute atomic E-state index is 0. The van der Waals surface area contributed by atoms with Gasteiger partial charge in [-0.3, -0.25) is 0 Å². The molecule has 1 atom stereocenters. The van der Waals surface area contributed by atoms with Crippen molar-refractivity contribution >= 4 is 75.6 Å². The molecule has 5 aromatic rings. The zero-order valence-electron chi connectivity index (χ0n) is 26.3. The molecule has 0 aromatic heterocycles. The van der Waals surface area contributed by atoms with E-state index in [1.165, 1.54) is 57.4 Å². The summed E-state index contributed by atoms with van der Waals surface area (Å²) in [5, 5.41) is 5.55. The number of quaternary nitrogens is 1. The third-order valence-corrected chi connectivity index (χ3v) is 12.2. The smallest absolute Gasteiger partial charge is 0.144 e. The topological polar surface area (TPSA) is 0 Å². The average Bonchev–Trinajstić information content (AvgIpc) is 3.03. The van der Waals surface area contributed by atoms with E-state index in [0.29, 0.717) is 0 Å². The fraction of sp³-hybridized carbons (Fsp3) is 0.189. The van der Waals surface area contributed by atoms with Crippen LogP contribution in [0.1, 0.15) is 26.3 Å². The molecule has 5 rings (SSSR count). The molecule has 0 aliphatic heterocycles. The van der Waals surface area contributed by atoms with Crippen LogP contribution in [0.15, 0.2) is 152 Å². The predicted molar refractivity (Wildman–Crippen MR) is 206 cm³/mol. The maximum absolute atomic E-state index is 2.29. The minimum Gasteiger partial charge on any atom is -1.00 e. The summed E-state index contributed by atoms with van der Waals surface area (Å²) in [7, 11) is -1.91. The van der Waals surface area contributed by atoms with E-state index in [-0.39, 0.29) is 71.9 Å². The normalized spacial score (nSPS) is 9.84. The molecule has 45 heavy (non-hydrogen) atoms. The molecule has 0 saturated carbocycles. The highest BCUT2D eigenvalue weighted by atomic mass is 35.5. The van der Waals surface area contributed by atoms with E-state index in [2.05, 4.69) is 172 Å². The summed E-state index contributed by atoms with van der Waals surface area (Å²) in [5.41, 5.74) is 1.46. The van der Waals surface area contributed by atoms with Gasteiger partial charge in [0.25, 0.3) is 0 Å². The van der Waals surface area contributed by atoms with Gasteiger partial charge in [0.15, 0.2) is 0 Å². The molecule has 0 spiro atoms. The lowest BCUT2D eigenvalue weighted by Gasteiger charge is -2.35. The summed E-state index contributed by atoms with van der Waals surface area (Å²) in [4.78, 5) is 0. The van der Waals surface area contributed by atoms with Crippen molar-refractivity contribution in [2.75, 3.05) is 19.6 Å². The third kappa shape index (κ3) is 11.8. The molecular formula is C37H48Cl5NP2. The van der Waals surface area contributed by atoms with Gasteiger partial charge in [0.2, 0.25) is 0 Å². The lowest BCUT2D eigenvalue weighted by Crippen LogP contribution is -3.00. The molecule has 0 heterocycles. The Hall–Kier alpha value is -1.63. The molecule has 0 bridgehead atoms. The van der Waals surface area contributed by atoms with E-state index < -0.39 is 7.26 Å². The van der Waals surface area contributed by atoms with E-state index in [0.717, 1.165) is 0 Å². The van der Waals surface area contributed by atoms with E-state index in [1.807, 2.05) is 0 Å². The summed E-state index contributed by atoms with van der Waals surface area (Å²) in [5.74, 6) is 0. The summed E-state index contributed by atoms with van der Waals surface area (Å²) in [6.07, 6.45) is 0. The largest absolute Gasteiger partial charge is 1.00 e. The molecule has 0 radical (unpaired) electrons. The Morgan fingerprint density at radius 1 is 0.400 bits per heavy atom. The first-order chi connectivity index (χ1) is 19.2. The number of rotatable bonds is 9. The molecule has 8 heteroatoms. The molecule has 0 fully saturated rings. The first-order valence-corrected chi connectivity index (χ1v) is 16.0. The zero-order valence-corrected chi connectivity index (χ0v) is 32.6. The standard InChI is InChI=1S/C24H20P.C13H22N.5ClH.H3P/c1-5-13-21(14-6-1)25(22-15-7-2-8-16-22,23-17-9-3-10-18-23)24-19-11-4-12-20-24;1-4-14(5-2,6-3)12-13-10-8-7-9-11-13;;;;;;/h1-20H;7-11H,4-6,12H2,1-3H3;5*1H;1H3/q2*+1;;;;;;/p-2. The minimum atomic E-state index is -1.91. The second-order valence-electron chi connectivity index (χ2n) is 9.95. The first kappa shape index (κ1) is 47.8. The van der Waals surface area contributed by atoms with Crippen LogP contribution in [-0.4, -0.2) is 24.1 Å². The van der Waals surface area contributed by atoms with Gasteiger partial charge in [-0.15, -0.1) is 37.2 Å². The van der Waals surface area contributed by atoms with Crippen LogP contribution >= 0.6 is 54.4 Å². The second-order valence-corrected chi connectivity index (χ2v) is 13.4. The molecule has 0 N–H and O–H groups in total. The summed E-state index contributed by atoms with van der Waals surface area (Å²) >= 11 is 0. The maximum atomic E-state index is 2.29. The molecule has 1 nitrogen and oxygen atoms in total. The Labute approximate surface area is 307 Å². The van der Waals surface area contributed by atoms with Crippen molar-refractivity contribution in [1.82, 2.24) is 0 Å². The maximum Gasteiger partial charge on any atom is 0.144 e. The van der Waals surface area contributed by atoms with Gasteiger partial charge in [-0.25, -0.2) is 0 Å². The van der Waals surface area contributed by atoms with Crippen LogP contribution in [0.4, 0.5) is 0 Å². The number of nitrogens with zero attached hydrogens (tertiary/aromatic N) is 1. The number of benzene rings is 5. The van der Waals surface area contributed by atoms with Crippen LogP contribution < -0.4 is 46.0 Å². The van der Waals surface area contributed by atoms with E-state index in [9.17, 15) is 0 Å². The van der Waals surface area contributed by atoms with Crippen molar-refractivity contribution in [2.45, 2.75) is 27.3 Å². The predicted octanol–water partition coefficient (Wildman–Crippen LogP) is 2.70. The molecule has 1 unspecified atom stereocenters. The number of halogens is 5. The summed E-state index contributed by atoms with van der Waals surface area (Å²) in [6.45, 7) is 11.7. The van der Waals surface area contributed by atoms with Crippen molar-refractivity contribution < 1.29 is 29.3 Å². The average molecular weight is 746 g/mol. The zero-order chi connectivity index (χ0) is 27.4. The van der Waals surface area contributed by atoms with Crippen LogP contribution in [0.25, 0.3) is 0 Å². The highest BCUT2D eigenvalue weighted by Crippen LogP contribution is 2.53. The van der Waals surface area contributed by atoms with Gasteiger partial charge in [0, 0.05) is 5.56 Å². The van der Waals surface area contributed by atoms with Crippen LogP contribution in [0.5, 0.6) is 0 Å². The van der Waals surface area contributed by atoms with Crippen molar-refractivity contribution in [3.63, 3.8) is 0 Å². The molecule has 0 aliphatic carbocycles. The lowest BCUT2D eigenvalue weighted by atomic mass is 10.2.